The first-order valence-electron chi connectivity index (χ1n) is 12.2. The molecule has 3 aromatic rings. The molecule has 1 saturated carbocycles. The molecule has 0 saturated heterocycles. The van der Waals surface area contributed by atoms with Crippen molar-refractivity contribution >= 4 is 17.5 Å². The fraction of sp³-hybridized carbons (Fsp3) is 0.357. The van der Waals surface area contributed by atoms with Crippen molar-refractivity contribution in [3.8, 4) is 0 Å². The van der Waals surface area contributed by atoms with Gasteiger partial charge in [0.05, 0.1) is 6.20 Å². The lowest BCUT2D eigenvalue weighted by Gasteiger charge is -2.33. The molecule has 7 heteroatoms. The number of carbonyl (C=O) groups excluding carboxylic acids is 2. The van der Waals surface area contributed by atoms with Crippen molar-refractivity contribution in [2.75, 3.05) is 4.90 Å². The standard InChI is InChI=1S/C28H31FN4O2/c1-19(2)20-8-10-21(11-9-20)26(27(34)32-23-6-4-3-5-7-23)33(24-14-12-22(29)13-15-24)28(35)25-18-30-16-17-31-25/h8-19,23,26H,3-7H2,1-2H3,(H,32,34). The van der Waals surface area contributed by atoms with Crippen LogP contribution in [-0.4, -0.2) is 27.8 Å². The van der Waals surface area contributed by atoms with E-state index in [0.717, 1.165) is 31.2 Å². The van der Waals surface area contributed by atoms with Crippen molar-refractivity contribution in [1.29, 1.82) is 0 Å². The van der Waals surface area contributed by atoms with Crippen LogP contribution in [0.1, 0.15) is 79.5 Å². The van der Waals surface area contributed by atoms with Crippen LogP contribution in [0.2, 0.25) is 0 Å². The lowest BCUT2D eigenvalue weighted by atomic mass is 9.94. The summed E-state index contributed by atoms with van der Waals surface area (Å²) in [7, 11) is 0. The highest BCUT2D eigenvalue weighted by Gasteiger charge is 2.35. The zero-order valence-corrected chi connectivity index (χ0v) is 20.2. The Morgan fingerprint density at radius 2 is 1.60 bits per heavy atom. The normalized spacial score (nSPS) is 15.0. The van der Waals surface area contributed by atoms with Gasteiger partial charge in [0, 0.05) is 24.1 Å². The number of hydrogen-bond donors (Lipinski definition) is 1. The van der Waals surface area contributed by atoms with Crippen LogP contribution in [0, 0.1) is 5.82 Å². The number of hydrogen-bond acceptors (Lipinski definition) is 4. The number of nitrogens with zero attached hydrogens (tertiary/aromatic N) is 3. The monoisotopic (exact) mass is 474 g/mol. The highest BCUT2D eigenvalue weighted by molar-refractivity contribution is 6.09. The fourth-order valence-electron chi connectivity index (χ4n) is 4.53. The van der Waals surface area contributed by atoms with Crippen molar-refractivity contribution < 1.29 is 14.0 Å². The van der Waals surface area contributed by atoms with Gasteiger partial charge in [-0.2, -0.15) is 0 Å². The summed E-state index contributed by atoms with van der Waals surface area (Å²) in [6.45, 7) is 4.20. The van der Waals surface area contributed by atoms with Gasteiger partial charge in [-0.05, 0) is 54.2 Å². The van der Waals surface area contributed by atoms with Crippen molar-refractivity contribution in [2.45, 2.75) is 64.0 Å². The summed E-state index contributed by atoms with van der Waals surface area (Å²) in [5.41, 5.74) is 2.31. The van der Waals surface area contributed by atoms with Crippen LogP contribution in [0.25, 0.3) is 0 Å². The predicted octanol–water partition coefficient (Wildman–Crippen LogP) is 5.58. The van der Waals surface area contributed by atoms with E-state index in [1.54, 1.807) is 0 Å². The van der Waals surface area contributed by atoms with E-state index in [2.05, 4.69) is 29.1 Å². The fourth-order valence-corrected chi connectivity index (χ4v) is 4.53. The Balaban J connectivity index is 1.79. The number of carbonyl (C=O) groups is 2. The number of amides is 2. The van der Waals surface area contributed by atoms with Crippen LogP contribution >= 0.6 is 0 Å². The molecule has 35 heavy (non-hydrogen) atoms. The third kappa shape index (κ3) is 5.91. The number of rotatable bonds is 7. The molecule has 1 fully saturated rings. The van der Waals surface area contributed by atoms with Crippen LogP contribution in [0.5, 0.6) is 0 Å². The number of benzene rings is 2. The molecule has 2 amide bonds. The molecule has 0 aliphatic heterocycles. The molecule has 1 atom stereocenters. The molecule has 0 radical (unpaired) electrons. The largest absolute Gasteiger partial charge is 0.351 e. The summed E-state index contributed by atoms with van der Waals surface area (Å²) in [6.07, 6.45) is 9.42. The zero-order chi connectivity index (χ0) is 24.8. The van der Waals surface area contributed by atoms with Gasteiger partial charge in [0.15, 0.2) is 0 Å². The molecule has 1 N–H and O–H groups in total. The Hall–Kier alpha value is -3.61. The van der Waals surface area contributed by atoms with E-state index in [9.17, 15) is 14.0 Å². The number of anilines is 1. The Morgan fingerprint density at radius 1 is 0.943 bits per heavy atom. The Kier molecular flexibility index (Phi) is 7.85. The molecular weight excluding hydrogens is 443 g/mol. The second-order valence-electron chi connectivity index (χ2n) is 9.31. The summed E-state index contributed by atoms with van der Waals surface area (Å²) in [5, 5.41) is 3.18. The molecule has 4 rings (SSSR count). The maximum Gasteiger partial charge on any atom is 0.279 e. The molecule has 1 aromatic heterocycles. The van der Waals surface area contributed by atoms with E-state index < -0.39 is 17.8 Å². The maximum absolute atomic E-state index is 13.8. The summed E-state index contributed by atoms with van der Waals surface area (Å²) in [5.74, 6) is -0.852. The molecule has 0 bridgehead atoms. The van der Waals surface area contributed by atoms with E-state index in [1.165, 1.54) is 54.2 Å². The van der Waals surface area contributed by atoms with Crippen LogP contribution < -0.4 is 10.2 Å². The number of nitrogens with one attached hydrogen (secondary N) is 1. The third-order valence-corrected chi connectivity index (χ3v) is 6.48. The molecule has 1 aliphatic carbocycles. The average molecular weight is 475 g/mol. The summed E-state index contributed by atoms with van der Waals surface area (Å²) in [4.78, 5) is 37.2. The van der Waals surface area contributed by atoms with E-state index in [1.807, 2.05) is 24.3 Å². The van der Waals surface area contributed by atoms with Gasteiger partial charge in [-0.25, -0.2) is 9.37 Å². The molecule has 1 heterocycles. The Bertz CT molecular complexity index is 1130. The van der Waals surface area contributed by atoms with Crippen molar-refractivity contribution in [3.63, 3.8) is 0 Å². The van der Waals surface area contributed by atoms with Gasteiger partial charge < -0.3 is 5.32 Å². The highest BCUT2D eigenvalue weighted by Crippen LogP contribution is 2.31. The van der Waals surface area contributed by atoms with Crippen molar-refractivity contribution in [1.82, 2.24) is 15.3 Å². The van der Waals surface area contributed by atoms with Crippen LogP contribution in [-0.2, 0) is 4.79 Å². The third-order valence-electron chi connectivity index (χ3n) is 6.48. The van der Waals surface area contributed by atoms with Gasteiger partial charge in [0.25, 0.3) is 5.91 Å². The Morgan fingerprint density at radius 3 is 2.20 bits per heavy atom. The second kappa shape index (κ2) is 11.2. The maximum atomic E-state index is 13.8. The predicted molar refractivity (Wildman–Crippen MR) is 134 cm³/mol. The van der Waals surface area contributed by atoms with Crippen molar-refractivity contribution in [2.24, 2.45) is 0 Å². The lowest BCUT2D eigenvalue weighted by Crippen LogP contribution is -2.47. The summed E-state index contributed by atoms with van der Waals surface area (Å²) >= 11 is 0. The zero-order valence-electron chi connectivity index (χ0n) is 20.2. The topological polar surface area (TPSA) is 75.2 Å². The Labute approximate surface area is 205 Å². The van der Waals surface area contributed by atoms with E-state index in [0.29, 0.717) is 17.2 Å². The van der Waals surface area contributed by atoms with Gasteiger partial charge in [0.1, 0.15) is 17.6 Å². The van der Waals surface area contributed by atoms with Gasteiger partial charge in [-0.1, -0.05) is 57.4 Å². The molecule has 6 nitrogen and oxygen atoms in total. The van der Waals surface area contributed by atoms with Crippen LogP contribution in [0.3, 0.4) is 0 Å². The average Bonchev–Trinajstić information content (AvgIpc) is 2.88. The molecule has 0 spiro atoms. The van der Waals surface area contributed by atoms with Gasteiger partial charge in [0.2, 0.25) is 5.91 Å². The molecule has 182 valence electrons. The minimum atomic E-state index is -0.960. The van der Waals surface area contributed by atoms with Gasteiger partial charge >= 0.3 is 0 Å². The lowest BCUT2D eigenvalue weighted by molar-refractivity contribution is -0.123. The van der Waals surface area contributed by atoms with Gasteiger partial charge in [-0.15, -0.1) is 0 Å². The smallest absolute Gasteiger partial charge is 0.279 e. The SMILES string of the molecule is CC(C)c1ccc(C(C(=O)NC2CCCCC2)N(C(=O)c2cnccn2)c2ccc(F)cc2)cc1. The van der Waals surface area contributed by atoms with Crippen LogP contribution in [0.4, 0.5) is 10.1 Å². The minimum Gasteiger partial charge on any atom is -0.351 e. The quantitative estimate of drug-likeness (QED) is 0.485. The van der Waals surface area contributed by atoms with E-state index in [4.69, 9.17) is 0 Å². The molecule has 1 unspecified atom stereocenters. The van der Waals surface area contributed by atoms with E-state index in [-0.39, 0.29) is 17.6 Å². The van der Waals surface area contributed by atoms with E-state index >= 15 is 0 Å². The first kappa shape index (κ1) is 24.5. The van der Waals surface area contributed by atoms with Crippen LogP contribution in [0.15, 0.2) is 67.1 Å². The summed E-state index contributed by atoms with van der Waals surface area (Å²) in [6, 6.07) is 12.4. The molecule has 2 aromatic carbocycles. The number of aromatic nitrogens is 2. The minimum absolute atomic E-state index is 0.0652. The molecular formula is C28H31FN4O2. The van der Waals surface area contributed by atoms with Crippen molar-refractivity contribution in [3.05, 3.63) is 89.8 Å². The highest BCUT2D eigenvalue weighted by atomic mass is 19.1. The number of halogens is 1. The molecule has 1 aliphatic rings. The first-order valence-corrected chi connectivity index (χ1v) is 12.2. The second-order valence-corrected chi connectivity index (χ2v) is 9.31. The van der Waals surface area contributed by atoms with Gasteiger partial charge in [-0.3, -0.25) is 19.5 Å². The summed E-state index contributed by atoms with van der Waals surface area (Å²) < 4.78 is 13.8. The first-order chi connectivity index (χ1) is 16.9.